The van der Waals surface area contributed by atoms with Crippen LogP contribution in [0, 0.1) is 0 Å². The van der Waals surface area contributed by atoms with Gasteiger partial charge in [0.1, 0.15) is 39.1 Å². The van der Waals surface area contributed by atoms with Gasteiger partial charge in [-0.15, -0.1) is 0 Å². The fourth-order valence-corrected chi connectivity index (χ4v) is 8.82. The van der Waals surface area contributed by atoms with E-state index in [0.717, 1.165) is 87.7 Å². The van der Waals surface area contributed by atoms with E-state index in [0.29, 0.717) is 17.2 Å². The minimum absolute atomic E-state index is 0.491. The lowest BCUT2D eigenvalue weighted by Crippen LogP contribution is -2.03. The monoisotopic (exact) mass is 665 g/mol. The number of benzene rings is 7. The van der Waals surface area contributed by atoms with Gasteiger partial charge in [0.25, 0.3) is 0 Å². The summed E-state index contributed by atoms with van der Waals surface area (Å²) in [6.07, 6.45) is 0. The summed E-state index contributed by atoms with van der Waals surface area (Å²) in [6, 6.07) is 48.4. The van der Waals surface area contributed by atoms with E-state index < -0.39 is 0 Å². The molecule has 13 aromatic rings. The minimum atomic E-state index is 0.491. The minimum Gasteiger partial charge on any atom is -0.456 e. The third-order valence-electron chi connectivity index (χ3n) is 11.0. The highest BCUT2D eigenvalue weighted by molar-refractivity contribution is 6.38. The van der Waals surface area contributed by atoms with Gasteiger partial charge in [-0.2, -0.15) is 0 Å². The summed E-state index contributed by atoms with van der Waals surface area (Å²) >= 11 is 0. The van der Waals surface area contributed by atoms with E-state index in [-0.39, 0.29) is 0 Å². The molecule has 0 aliphatic rings. The Bertz CT molecular complexity index is 3650. The molecule has 0 amide bonds. The quantitative estimate of drug-likeness (QED) is 0.184. The fourth-order valence-electron chi connectivity index (χ4n) is 8.82. The molecule has 0 spiro atoms. The number of nitrogens with zero attached hydrogens (tertiary/aromatic N) is 3. The molecule has 0 unspecified atom stereocenters. The number of hydrogen-bond acceptors (Lipinski definition) is 5. The van der Waals surface area contributed by atoms with Crippen LogP contribution in [0.1, 0.15) is 0 Å². The van der Waals surface area contributed by atoms with Crippen molar-refractivity contribution < 1.29 is 13.3 Å². The van der Waals surface area contributed by atoms with Crippen LogP contribution >= 0.6 is 0 Å². The predicted octanol–water partition coefficient (Wildman–Crippen LogP) is 12.7. The largest absolute Gasteiger partial charge is 0.456 e. The van der Waals surface area contributed by atoms with Gasteiger partial charge in [0.2, 0.25) is 5.71 Å². The summed E-state index contributed by atoms with van der Waals surface area (Å²) in [6.45, 7) is 0. The Hall–Kier alpha value is -7.18. The molecule has 0 N–H and O–H groups in total. The predicted molar refractivity (Wildman–Crippen MR) is 210 cm³/mol. The summed E-state index contributed by atoms with van der Waals surface area (Å²) in [5, 5.41) is 12.3. The first-order valence-electron chi connectivity index (χ1n) is 17.4. The second-order valence-electron chi connectivity index (χ2n) is 13.7. The van der Waals surface area contributed by atoms with Crippen LogP contribution in [0.5, 0.6) is 0 Å². The molecule has 5 heterocycles. The van der Waals surface area contributed by atoms with Crippen LogP contribution < -0.4 is 0 Å². The van der Waals surface area contributed by atoms with Gasteiger partial charge in [-0.3, -0.25) is 4.57 Å². The number of hydrogen-bond donors (Lipinski definition) is 0. The molecule has 0 atom stereocenters. The van der Waals surface area contributed by atoms with Crippen LogP contribution in [0.25, 0.3) is 127 Å². The molecule has 0 saturated heterocycles. The lowest BCUT2D eigenvalue weighted by Gasteiger charge is -2.12. The zero-order valence-electron chi connectivity index (χ0n) is 27.3. The summed E-state index contributed by atoms with van der Waals surface area (Å²) in [5.74, 6) is 0.714. The molecular formula is C46H23N3O3. The molecule has 0 bridgehead atoms. The second-order valence-corrected chi connectivity index (χ2v) is 13.7. The molecule has 0 radical (unpaired) electrons. The van der Waals surface area contributed by atoms with Crippen molar-refractivity contribution in [3.05, 3.63) is 140 Å². The van der Waals surface area contributed by atoms with Crippen molar-refractivity contribution in [1.82, 2.24) is 14.5 Å². The third kappa shape index (κ3) is 3.25. The molecule has 5 aromatic heterocycles. The average molecular weight is 666 g/mol. The first-order valence-corrected chi connectivity index (χ1v) is 17.4. The van der Waals surface area contributed by atoms with Crippen LogP contribution in [0.4, 0.5) is 0 Å². The molecular weight excluding hydrogens is 643 g/mol. The van der Waals surface area contributed by atoms with Gasteiger partial charge < -0.3 is 13.3 Å². The molecule has 0 saturated carbocycles. The van der Waals surface area contributed by atoms with Crippen LogP contribution in [0.3, 0.4) is 0 Å². The third-order valence-corrected chi connectivity index (χ3v) is 11.0. The Labute approximate surface area is 293 Å². The van der Waals surface area contributed by atoms with E-state index in [2.05, 4.69) is 102 Å². The van der Waals surface area contributed by atoms with E-state index >= 15 is 0 Å². The Morgan fingerprint density at radius 3 is 1.85 bits per heavy atom. The van der Waals surface area contributed by atoms with Crippen molar-refractivity contribution in [2.24, 2.45) is 0 Å². The summed E-state index contributed by atoms with van der Waals surface area (Å²) in [4.78, 5) is 10.8. The number of rotatable bonds is 2. The lowest BCUT2D eigenvalue weighted by atomic mass is 9.95. The maximum absolute atomic E-state index is 6.60. The number of aromatic nitrogens is 3. The Morgan fingerprint density at radius 2 is 1.00 bits per heavy atom. The molecule has 6 heteroatoms. The Balaban J connectivity index is 1.25. The maximum atomic E-state index is 6.60. The van der Waals surface area contributed by atoms with Gasteiger partial charge in [-0.05, 0) is 76.1 Å². The second kappa shape index (κ2) is 9.33. The Kier molecular flexibility index (Phi) is 4.78. The van der Waals surface area contributed by atoms with Crippen molar-refractivity contribution >= 4 is 109 Å². The molecule has 6 nitrogen and oxygen atoms in total. The van der Waals surface area contributed by atoms with E-state index in [1.165, 1.54) is 21.5 Å². The SMILES string of the molecule is c1ccc2c(c1)oc1cc(-c3nc4oc5ccccc5c4nc3-n3c4cccc5c6ccccc6c6cccc7oc8ccc3c(c8c76)c54)ccc12. The topological polar surface area (TPSA) is 70.1 Å². The molecule has 0 fully saturated rings. The van der Waals surface area contributed by atoms with Crippen molar-refractivity contribution in [1.29, 1.82) is 0 Å². The van der Waals surface area contributed by atoms with Crippen LogP contribution in [0.2, 0.25) is 0 Å². The standard InChI is InChI=1S/C46H23N3O3/c1-2-10-26-25(9-1)29-13-7-15-32-39(29)41-33(21-22-37-42(41)40-30(26)14-8-18-36(40)51-37)49(32)45-43(48-46-44(47-45)31-12-4-6-17-35(31)52-46)24-19-20-28-27-11-3-5-16-34(27)50-38(28)23-24/h1-23H. The summed E-state index contributed by atoms with van der Waals surface area (Å²) in [7, 11) is 0. The fraction of sp³-hybridized carbons (Fsp3) is 0. The van der Waals surface area contributed by atoms with Gasteiger partial charge in [0, 0.05) is 43.3 Å². The van der Waals surface area contributed by atoms with E-state index in [1.54, 1.807) is 0 Å². The van der Waals surface area contributed by atoms with Crippen molar-refractivity contribution in [3.8, 4) is 17.1 Å². The zero-order chi connectivity index (χ0) is 33.7. The Morgan fingerprint density at radius 1 is 0.385 bits per heavy atom. The zero-order valence-corrected chi connectivity index (χ0v) is 27.3. The van der Waals surface area contributed by atoms with Crippen molar-refractivity contribution in [2.75, 3.05) is 0 Å². The highest BCUT2D eigenvalue weighted by Gasteiger charge is 2.26. The van der Waals surface area contributed by atoms with E-state index in [4.69, 9.17) is 23.2 Å². The molecule has 240 valence electrons. The van der Waals surface area contributed by atoms with Gasteiger partial charge in [-0.1, -0.05) is 84.9 Å². The highest BCUT2D eigenvalue weighted by Crippen LogP contribution is 2.48. The highest BCUT2D eigenvalue weighted by atomic mass is 16.3. The molecule has 0 aliphatic carbocycles. The average Bonchev–Trinajstić information content (AvgIpc) is 3.94. The van der Waals surface area contributed by atoms with Crippen LogP contribution in [-0.2, 0) is 0 Å². The maximum Gasteiger partial charge on any atom is 0.247 e. The van der Waals surface area contributed by atoms with Crippen molar-refractivity contribution in [2.45, 2.75) is 0 Å². The van der Waals surface area contributed by atoms with Gasteiger partial charge in [0.15, 0.2) is 5.82 Å². The lowest BCUT2D eigenvalue weighted by molar-refractivity contribution is 0.653. The summed E-state index contributed by atoms with van der Waals surface area (Å²) in [5.41, 5.74) is 8.99. The van der Waals surface area contributed by atoms with E-state index in [9.17, 15) is 0 Å². The number of para-hydroxylation sites is 2. The smallest absolute Gasteiger partial charge is 0.247 e. The molecule has 8 aromatic carbocycles. The normalized spacial score (nSPS) is 12.6. The first kappa shape index (κ1) is 26.7. The van der Waals surface area contributed by atoms with Gasteiger partial charge >= 0.3 is 0 Å². The summed E-state index contributed by atoms with van der Waals surface area (Å²) < 4.78 is 21.6. The molecule has 0 aliphatic heterocycles. The van der Waals surface area contributed by atoms with Gasteiger partial charge in [0.05, 0.1) is 11.0 Å². The number of furan rings is 3. The molecule has 13 rings (SSSR count). The van der Waals surface area contributed by atoms with Crippen LogP contribution in [-0.4, -0.2) is 14.5 Å². The number of fused-ring (bicyclic) bond motifs is 9. The van der Waals surface area contributed by atoms with Gasteiger partial charge in [-0.25, -0.2) is 9.97 Å². The molecule has 52 heavy (non-hydrogen) atoms. The van der Waals surface area contributed by atoms with Crippen molar-refractivity contribution in [3.63, 3.8) is 0 Å². The van der Waals surface area contributed by atoms with E-state index in [1.807, 2.05) is 42.5 Å². The van der Waals surface area contributed by atoms with Crippen LogP contribution in [0.15, 0.2) is 153 Å². The first-order chi connectivity index (χ1) is 25.8.